The zero-order chi connectivity index (χ0) is 42.8. The highest BCUT2D eigenvalue weighted by Gasteiger charge is 2.64. The van der Waals surface area contributed by atoms with Gasteiger partial charge in [0, 0.05) is 18.2 Å². The van der Waals surface area contributed by atoms with Gasteiger partial charge in [-0.05, 0) is 83.6 Å². The first-order chi connectivity index (χ1) is 29.1. The van der Waals surface area contributed by atoms with Crippen LogP contribution < -0.4 is 0 Å². The molecule has 0 radical (unpaired) electrons. The Kier molecular flexibility index (Phi) is 20.2. The van der Waals surface area contributed by atoms with E-state index in [2.05, 4.69) is 6.92 Å². The Hall–Kier alpha value is -2.51. The van der Waals surface area contributed by atoms with Crippen molar-refractivity contribution in [3.63, 3.8) is 0 Å². The fourth-order valence-electron chi connectivity index (χ4n) is 9.55. The van der Waals surface area contributed by atoms with Gasteiger partial charge in [0.25, 0.3) is 5.60 Å². The summed E-state index contributed by atoms with van der Waals surface area (Å²) in [5.74, 6) is -1.63. The third-order valence-corrected chi connectivity index (χ3v) is 13.0. The molecule has 1 aromatic rings. The van der Waals surface area contributed by atoms with E-state index in [0.717, 1.165) is 96.2 Å². The average molecular weight is 851 g/mol. The highest BCUT2D eigenvalue weighted by atomic mass is 19.4. The molecule has 3 saturated heterocycles. The molecule has 4 aliphatic rings. The number of carbonyl (C=O) groups is 2. The maximum atomic E-state index is 14.8. The molecule has 0 saturated carbocycles. The third kappa shape index (κ3) is 14.0. The fourth-order valence-corrected chi connectivity index (χ4v) is 9.55. The van der Waals surface area contributed by atoms with Gasteiger partial charge < -0.3 is 33.2 Å². The van der Waals surface area contributed by atoms with Gasteiger partial charge in [-0.15, -0.1) is 0 Å². The lowest BCUT2D eigenvalue weighted by Gasteiger charge is -2.35. The quantitative estimate of drug-likeness (QED) is 0.0666. The standard InChI is InChI=1S/C48H73F3O9/c1-4-5-6-7-8-9-10-11-15-21-26-41(60-46(53)47(54-3,48(49,50)51)37-23-18-16-19-24-37)44-32-31-43(59-44)40-30-29-39(55-34-56-40)42-28-27-38(58-42)25-20-14-12-13-17-22-36-33-35(2)57-45(36)52/h16,18-19,23-24,33,35,38-44H,4-15,17,20-22,25-32,34H2,1-3H3/t35-,38+,39-,40+,41+,42-,43+,44+,47-/m0/s1. The number of alkyl halides is 3. The summed E-state index contributed by atoms with van der Waals surface area (Å²) in [6.07, 6.45) is 18.5. The van der Waals surface area contributed by atoms with Crippen LogP contribution in [0.2, 0.25) is 0 Å². The molecule has 4 heterocycles. The first kappa shape index (κ1) is 48.5. The molecule has 9 nitrogen and oxygen atoms in total. The minimum Gasteiger partial charge on any atom is -0.457 e. The second-order valence-corrected chi connectivity index (χ2v) is 17.5. The number of benzene rings is 1. The largest absolute Gasteiger partial charge is 0.457 e. The smallest absolute Gasteiger partial charge is 0.432 e. The van der Waals surface area contributed by atoms with E-state index in [1.807, 2.05) is 13.0 Å². The van der Waals surface area contributed by atoms with Crippen molar-refractivity contribution in [3.05, 3.63) is 47.5 Å². The third-order valence-electron chi connectivity index (χ3n) is 13.0. The van der Waals surface area contributed by atoms with Crippen LogP contribution in [-0.2, 0) is 48.3 Å². The maximum Gasteiger partial charge on any atom is 0.432 e. The van der Waals surface area contributed by atoms with Crippen molar-refractivity contribution in [2.45, 2.75) is 229 Å². The summed E-state index contributed by atoms with van der Waals surface area (Å²) in [5.41, 5.74) is -2.76. The number of cyclic esters (lactones) is 1. The van der Waals surface area contributed by atoms with Crippen LogP contribution in [0.4, 0.5) is 13.2 Å². The maximum absolute atomic E-state index is 14.8. The minimum absolute atomic E-state index is 0.0144. The van der Waals surface area contributed by atoms with Gasteiger partial charge in [-0.3, -0.25) is 0 Å². The first-order valence-corrected chi connectivity index (χ1v) is 23.4. The van der Waals surface area contributed by atoms with Gasteiger partial charge in [0.2, 0.25) is 0 Å². The van der Waals surface area contributed by atoms with E-state index in [-0.39, 0.29) is 54.9 Å². The van der Waals surface area contributed by atoms with Gasteiger partial charge in [-0.2, -0.15) is 13.2 Å². The van der Waals surface area contributed by atoms with Crippen molar-refractivity contribution in [2.75, 3.05) is 13.9 Å². The van der Waals surface area contributed by atoms with Crippen molar-refractivity contribution in [1.29, 1.82) is 0 Å². The molecule has 12 heteroatoms. The number of rotatable bonds is 26. The lowest BCUT2D eigenvalue weighted by Crippen LogP contribution is -2.53. The second kappa shape index (κ2) is 25.0. The molecule has 3 fully saturated rings. The van der Waals surface area contributed by atoms with Gasteiger partial charge >= 0.3 is 18.1 Å². The normalized spacial score (nSPS) is 27.6. The molecule has 0 spiro atoms. The molecule has 0 amide bonds. The van der Waals surface area contributed by atoms with E-state index in [1.165, 1.54) is 62.8 Å². The van der Waals surface area contributed by atoms with Gasteiger partial charge in [0.1, 0.15) is 19.0 Å². The molecule has 9 atom stereocenters. The van der Waals surface area contributed by atoms with Crippen molar-refractivity contribution in [2.24, 2.45) is 0 Å². The summed E-state index contributed by atoms with van der Waals surface area (Å²) in [6, 6.07) is 6.99. The van der Waals surface area contributed by atoms with Crippen molar-refractivity contribution in [1.82, 2.24) is 0 Å². The van der Waals surface area contributed by atoms with Crippen LogP contribution in [-0.4, -0.2) is 80.8 Å². The highest BCUT2D eigenvalue weighted by Crippen LogP contribution is 2.44. The molecular formula is C48H73F3O9. The molecule has 1 aromatic carbocycles. The lowest BCUT2D eigenvalue weighted by atomic mass is 9.92. The molecule has 0 unspecified atom stereocenters. The van der Waals surface area contributed by atoms with E-state index in [0.29, 0.717) is 32.1 Å². The van der Waals surface area contributed by atoms with Gasteiger partial charge in [0.15, 0.2) is 0 Å². The molecular weight excluding hydrogens is 778 g/mol. The van der Waals surface area contributed by atoms with Crippen LogP contribution in [0.5, 0.6) is 0 Å². The number of ether oxygens (including phenoxy) is 7. The summed E-state index contributed by atoms with van der Waals surface area (Å²) in [5, 5.41) is 0. The Bertz CT molecular complexity index is 1440. The Morgan fingerprint density at radius 1 is 0.750 bits per heavy atom. The zero-order valence-electron chi connectivity index (χ0n) is 36.6. The van der Waals surface area contributed by atoms with Crippen LogP contribution >= 0.6 is 0 Å². The Balaban J connectivity index is 1.08. The number of methoxy groups -OCH3 is 1. The number of hydrogen-bond donors (Lipinski definition) is 0. The monoisotopic (exact) mass is 851 g/mol. The SMILES string of the molecule is CCCCCCCCCCCC[C@@H](OC(=O)[C@@](OC)(c1ccccc1)C(F)(F)F)[C@H]1CC[C@H]([C@H]2CC[C@@H]([C@@H]3CC[C@@H](CCCCCCCC4=C[C@H](C)OC4=O)O3)OCO2)O1. The van der Waals surface area contributed by atoms with Crippen LogP contribution in [0.25, 0.3) is 0 Å². The summed E-state index contributed by atoms with van der Waals surface area (Å²) in [4.78, 5) is 25.6. The molecule has 0 aliphatic carbocycles. The molecule has 4 aliphatic heterocycles. The van der Waals surface area contributed by atoms with E-state index in [4.69, 9.17) is 33.2 Å². The minimum atomic E-state index is -5.05. The van der Waals surface area contributed by atoms with E-state index in [9.17, 15) is 22.8 Å². The Labute approximate surface area is 357 Å². The number of halogens is 3. The summed E-state index contributed by atoms with van der Waals surface area (Å²) >= 11 is 0. The van der Waals surface area contributed by atoms with Crippen LogP contribution in [0.15, 0.2) is 42.0 Å². The fraction of sp³-hybridized carbons (Fsp3) is 0.792. The predicted octanol–water partition coefficient (Wildman–Crippen LogP) is 11.5. The predicted molar refractivity (Wildman–Crippen MR) is 223 cm³/mol. The van der Waals surface area contributed by atoms with E-state index < -0.39 is 30.0 Å². The van der Waals surface area contributed by atoms with Crippen LogP contribution in [0, 0.1) is 0 Å². The number of esters is 2. The van der Waals surface area contributed by atoms with Crippen LogP contribution in [0.1, 0.15) is 174 Å². The number of hydrogen-bond acceptors (Lipinski definition) is 9. The molecule has 5 rings (SSSR count). The van der Waals surface area contributed by atoms with Gasteiger partial charge in [-0.25, -0.2) is 9.59 Å². The van der Waals surface area contributed by atoms with Crippen molar-refractivity contribution < 1.29 is 55.9 Å². The van der Waals surface area contributed by atoms with Crippen molar-refractivity contribution in [3.8, 4) is 0 Å². The molecule has 0 aromatic heterocycles. The summed E-state index contributed by atoms with van der Waals surface area (Å²) in [6.45, 7) is 4.22. The van der Waals surface area contributed by atoms with Crippen molar-refractivity contribution >= 4 is 11.9 Å². The molecule has 0 N–H and O–H groups in total. The number of unbranched alkanes of at least 4 members (excludes halogenated alkanes) is 13. The van der Waals surface area contributed by atoms with Gasteiger partial charge in [0.05, 0.1) is 36.6 Å². The second-order valence-electron chi connectivity index (χ2n) is 17.5. The first-order valence-electron chi connectivity index (χ1n) is 23.4. The number of carbonyl (C=O) groups excluding carboxylic acids is 2. The molecule has 340 valence electrons. The summed E-state index contributed by atoms with van der Waals surface area (Å²) < 4.78 is 86.1. The highest BCUT2D eigenvalue weighted by molar-refractivity contribution is 5.90. The summed E-state index contributed by atoms with van der Waals surface area (Å²) in [7, 11) is 0.901. The lowest BCUT2D eigenvalue weighted by molar-refractivity contribution is -0.280. The van der Waals surface area contributed by atoms with E-state index in [1.54, 1.807) is 6.07 Å². The van der Waals surface area contributed by atoms with E-state index >= 15 is 0 Å². The Morgan fingerprint density at radius 3 is 1.95 bits per heavy atom. The molecule has 0 bridgehead atoms. The van der Waals surface area contributed by atoms with Gasteiger partial charge in [-0.1, -0.05) is 121 Å². The molecule has 60 heavy (non-hydrogen) atoms. The topological polar surface area (TPSA) is 98.8 Å². The average Bonchev–Trinajstić information content (AvgIpc) is 3.94. The van der Waals surface area contributed by atoms with Crippen LogP contribution in [0.3, 0.4) is 0 Å². The Morgan fingerprint density at radius 2 is 1.33 bits per heavy atom. The zero-order valence-corrected chi connectivity index (χ0v) is 36.6.